The predicted molar refractivity (Wildman–Crippen MR) is 120 cm³/mol. The van der Waals surface area contributed by atoms with E-state index in [2.05, 4.69) is 10.3 Å². The van der Waals surface area contributed by atoms with Crippen molar-refractivity contribution in [2.75, 3.05) is 26.3 Å². The Labute approximate surface area is 197 Å². The highest BCUT2D eigenvalue weighted by molar-refractivity contribution is 5.99. The number of ether oxygens (including phenoxy) is 2. The van der Waals surface area contributed by atoms with Crippen LogP contribution in [-0.4, -0.2) is 66.1 Å². The average molecular weight is 476 g/mol. The van der Waals surface area contributed by atoms with E-state index < -0.39 is 29.8 Å². The number of ketones is 1. The van der Waals surface area contributed by atoms with E-state index in [4.69, 9.17) is 13.9 Å². The van der Waals surface area contributed by atoms with E-state index in [-0.39, 0.29) is 23.8 Å². The molecule has 2 amide bonds. The molecule has 10 heteroatoms. The zero-order valence-corrected chi connectivity index (χ0v) is 19.3. The van der Waals surface area contributed by atoms with Crippen LogP contribution in [0.3, 0.4) is 0 Å². The van der Waals surface area contributed by atoms with Gasteiger partial charge in [-0.3, -0.25) is 9.59 Å². The highest BCUT2D eigenvalue weighted by atomic mass is 19.1. The molecule has 1 aromatic heterocycles. The standard InChI is InChI=1S/C24H30FN3O6/c1-2-17(21(29)22-26-18-8-7-16(25)14-19(18)33-22)27-24(31)34-20(13-15-5-3-4-6-15)23(30)28-9-11-32-12-10-28/h7-8,14-15,17,20H,2-6,9-13H2,1H3,(H,27,31)/t17-,20-/m0/s1. The van der Waals surface area contributed by atoms with Crippen LogP contribution in [0, 0.1) is 11.7 Å². The molecule has 2 atom stereocenters. The van der Waals surface area contributed by atoms with Crippen LogP contribution in [-0.2, 0) is 14.3 Å². The topological polar surface area (TPSA) is 111 Å². The second-order valence-corrected chi connectivity index (χ2v) is 8.82. The fraction of sp³-hybridized carbons (Fsp3) is 0.583. The number of Topliss-reactive ketones (excluding diaryl/α,β-unsaturated/α-hetero) is 1. The third-order valence-corrected chi connectivity index (χ3v) is 6.45. The highest BCUT2D eigenvalue weighted by Crippen LogP contribution is 2.30. The Morgan fingerprint density at radius 1 is 1.24 bits per heavy atom. The first-order chi connectivity index (χ1) is 16.4. The van der Waals surface area contributed by atoms with Gasteiger partial charge in [0.2, 0.25) is 5.78 Å². The first kappa shape index (κ1) is 24.1. The van der Waals surface area contributed by atoms with E-state index >= 15 is 0 Å². The molecule has 1 aliphatic heterocycles. The van der Waals surface area contributed by atoms with E-state index in [1.807, 2.05) is 0 Å². The minimum atomic E-state index is -0.962. The molecular weight excluding hydrogens is 445 g/mol. The number of aromatic nitrogens is 1. The zero-order valence-electron chi connectivity index (χ0n) is 19.3. The molecule has 1 N–H and O–H groups in total. The average Bonchev–Trinajstić information content (AvgIpc) is 3.51. The minimum absolute atomic E-state index is 0.147. The molecule has 1 saturated carbocycles. The number of hydrogen-bond donors (Lipinski definition) is 1. The summed E-state index contributed by atoms with van der Waals surface area (Å²) in [5, 5.41) is 2.55. The molecule has 2 aromatic rings. The van der Waals surface area contributed by atoms with Gasteiger partial charge in [-0.25, -0.2) is 14.2 Å². The first-order valence-electron chi connectivity index (χ1n) is 11.9. The van der Waals surface area contributed by atoms with Gasteiger partial charge in [-0.2, -0.15) is 0 Å². The Morgan fingerprint density at radius 2 is 1.97 bits per heavy atom. The van der Waals surface area contributed by atoms with Crippen molar-refractivity contribution in [3.63, 3.8) is 0 Å². The van der Waals surface area contributed by atoms with Crippen LogP contribution < -0.4 is 5.32 Å². The van der Waals surface area contributed by atoms with Crippen molar-refractivity contribution in [1.82, 2.24) is 15.2 Å². The third-order valence-electron chi connectivity index (χ3n) is 6.45. The molecular formula is C24H30FN3O6. The Bertz CT molecular complexity index is 1030. The number of benzene rings is 1. The number of fused-ring (bicyclic) bond motifs is 1. The number of morpholine rings is 1. The summed E-state index contributed by atoms with van der Waals surface area (Å²) in [4.78, 5) is 44.5. The van der Waals surface area contributed by atoms with Crippen molar-refractivity contribution in [3.8, 4) is 0 Å². The van der Waals surface area contributed by atoms with Crippen molar-refractivity contribution in [3.05, 3.63) is 29.9 Å². The normalized spacial score (nSPS) is 18.6. The van der Waals surface area contributed by atoms with Crippen LogP contribution in [0.25, 0.3) is 11.1 Å². The summed E-state index contributed by atoms with van der Waals surface area (Å²) in [5.41, 5.74) is 0.489. The fourth-order valence-corrected chi connectivity index (χ4v) is 4.55. The van der Waals surface area contributed by atoms with E-state index in [1.54, 1.807) is 11.8 Å². The maximum Gasteiger partial charge on any atom is 0.408 e. The Morgan fingerprint density at radius 3 is 2.68 bits per heavy atom. The van der Waals surface area contributed by atoms with Crippen LogP contribution >= 0.6 is 0 Å². The van der Waals surface area contributed by atoms with Crippen LogP contribution in [0.5, 0.6) is 0 Å². The van der Waals surface area contributed by atoms with Gasteiger partial charge in [0.1, 0.15) is 17.4 Å². The molecule has 184 valence electrons. The summed E-state index contributed by atoms with van der Waals surface area (Å²) < 4.78 is 29.7. The Hall–Kier alpha value is -3.01. The van der Waals surface area contributed by atoms with Crippen molar-refractivity contribution in [2.24, 2.45) is 5.92 Å². The highest BCUT2D eigenvalue weighted by Gasteiger charge is 2.34. The van der Waals surface area contributed by atoms with E-state index in [0.717, 1.165) is 31.7 Å². The SMILES string of the molecule is CC[C@H](NC(=O)O[C@@H](CC1CCCC1)C(=O)N1CCOCC1)C(=O)c1nc2ccc(F)cc2o1. The first-order valence-corrected chi connectivity index (χ1v) is 11.9. The lowest BCUT2D eigenvalue weighted by atomic mass is 9.99. The summed E-state index contributed by atoms with van der Waals surface area (Å²) >= 11 is 0. The van der Waals surface area contributed by atoms with E-state index in [0.29, 0.717) is 44.2 Å². The summed E-state index contributed by atoms with van der Waals surface area (Å²) in [7, 11) is 0. The lowest BCUT2D eigenvalue weighted by molar-refractivity contribution is -0.145. The number of alkyl carbamates (subject to hydrolysis) is 1. The van der Waals surface area contributed by atoms with Crippen LogP contribution in [0.1, 0.15) is 56.1 Å². The molecule has 2 aliphatic rings. The molecule has 4 rings (SSSR count). The molecule has 0 bridgehead atoms. The number of nitrogens with zero attached hydrogens (tertiary/aromatic N) is 2. The summed E-state index contributed by atoms with van der Waals surface area (Å²) in [6.07, 6.45) is 3.19. The van der Waals surface area contributed by atoms with Gasteiger partial charge in [-0.15, -0.1) is 0 Å². The van der Waals surface area contributed by atoms with E-state index in [9.17, 15) is 18.8 Å². The number of oxazole rings is 1. The largest absolute Gasteiger partial charge is 0.436 e. The molecule has 9 nitrogen and oxygen atoms in total. The number of nitrogens with one attached hydrogen (secondary N) is 1. The van der Waals surface area contributed by atoms with Crippen molar-refractivity contribution in [2.45, 2.75) is 57.6 Å². The molecule has 0 unspecified atom stereocenters. The van der Waals surface area contributed by atoms with Crippen molar-refractivity contribution in [1.29, 1.82) is 0 Å². The molecule has 2 fully saturated rings. The Balaban J connectivity index is 1.42. The second kappa shape index (κ2) is 10.9. The van der Waals surface area contributed by atoms with Crippen LogP contribution in [0.15, 0.2) is 22.6 Å². The lowest BCUT2D eigenvalue weighted by Crippen LogP contribution is -2.49. The van der Waals surface area contributed by atoms with Gasteiger partial charge in [0.05, 0.1) is 13.2 Å². The van der Waals surface area contributed by atoms with Crippen molar-refractivity contribution < 1.29 is 32.7 Å². The summed E-state index contributed by atoms with van der Waals surface area (Å²) in [6, 6.07) is 2.82. The smallest absolute Gasteiger partial charge is 0.408 e. The van der Waals surface area contributed by atoms with Gasteiger partial charge >= 0.3 is 6.09 Å². The maximum absolute atomic E-state index is 13.4. The van der Waals surface area contributed by atoms with Gasteiger partial charge in [0.25, 0.3) is 11.8 Å². The number of amides is 2. The molecule has 34 heavy (non-hydrogen) atoms. The fourth-order valence-electron chi connectivity index (χ4n) is 4.55. The second-order valence-electron chi connectivity index (χ2n) is 8.82. The molecule has 1 aromatic carbocycles. The predicted octanol–water partition coefficient (Wildman–Crippen LogP) is 3.46. The van der Waals surface area contributed by atoms with Gasteiger partial charge < -0.3 is 24.1 Å². The summed E-state index contributed by atoms with van der Waals surface area (Å²) in [6.45, 7) is 3.54. The molecule has 2 heterocycles. The van der Waals surface area contributed by atoms with Gasteiger partial charge in [0, 0.05) is 19.2 Å². The van der Waals surface area contributed by atoms with Crippen molar-refractivity contribution >= 4 is 28.9 Å². The number of carbonyl (C=O) groups excluding carboxylic acids is 3. The number of rotatable bonds is 8. The molecule has 1 saturated heterocycles. The summed E-state index contributed by atoms with van der Waals surface area (Å²) in [5.74, 6) is -1.19. The number of carbonyl (C=O) groups is 3. The minimum Gasteiger partial charge on any atom is -0.436 e. The number of hydrogen-bond acceptors (Lipinski definition) is 7. The van der Waals surface area contributed by atoms with Gasteiger partial charge in [-0.1, -0.05) is 32.6 Å². The molecule has 0 radical (unpaired) electrons. The van der Waals surface area contributed by atoms with Gasteiger partial charge in [-0.05, 0) is 30.9 Å². The van der Waals surface area contributed by atoms with Crippen LogP contribution in [0.4, 0.5) is 9.18 Å². The van der Waals surface area contributed by atoms with E-state index in [1.165, 1.54) is 12.1 Å². The number of halogens is 1. The Kier molecular flexibility index (Phi) is 7.77. The van der Waals surface area contributed by atoms with Gasteiger partial charge in [0.15, 0.2) is 11.7 Å². The monoisotopic (exact) mass is 475 g/mol. The third kappa shape index (κ3) is 5.72. The van der Waals surface area contributed by atoms with Crippen LogP contribution in [0.2, 0.25) is 0 Å². The molecule has 1 aliphatic carbocycles. The lowest BCUT2D eigenvalue weighted by Gasteiger charge is -2.31. The zero-order chi connectivity index (χ0) is 24.1. The molecule has 0 spiro atoms. The maximum atomic E-state index is 13.4. The quantitative estimate of drug-likeness (QED) is 0.582.